The highest BCUT2D eigenvalue weighted by Gasteiger charge is 2.24. The molecule has 0 saturated carbocycles. The van der Waals surface area contributed by atoms with Crippen LogP contribution in [-0.4, -0.2) is 35.1 Å². The molecule has 0 fully saturated rings. The average molecular weight is 330 g/mol. The highest BCUT2D eigenvalue weighted by molar-refractivity contribution is 6.07. The SMILES string of the molecule is O=COc1cccc(-c2cccc(C(=O)O)c2C(=O)O)c1OC=O. The van der Waals surface area contributed by atoms with Crippen LogP contribution >= 0.6 is 0 Å². The molecule has 0 aliphatic carbocycles. The quantitative estimate of drug-likeness (QED) is 0.736. The van der Waals surface area contributed by atoms with Crippen molar-refractivity contribution in [3.63, 3.8) is 0 Å². The number of carboxylic acid groups (broad SMARTS) is 2. The lowest BCUT2D eigenvalue weighted by Crippen LogP contribution is -2.10. The number of para-hydroxylation sites is 1. The van der Waals surface area contributed by atoms with Gasteiger partial charge in [0.1, 0.15) is 0 Å². The predicted molar refractivity (Wildman–Crippen MR) is 79.2 cm³/mol. The van der Waals surface area contributed by atoms with Crippen molar-refractivity contribution >= 4 is 24.9 Å². The van der Waals surface area contributed by atoms with Crippen molar-refractivity contribution in [3.8, 4) is 22.6 Å². The number of hydrogen-bond acceptors (Lipinski definition) is 6. The topological polar surface area (TPSA) is 127 Å². The first-order valence-electron chi connectivity index (χ1n) is 6.44. The molecule has 0 aliphatic rings. The minimum absolute atomic E-state index is 0.00408. The molecule has 0 saturated heterocycles. The van der Waals surface area contributed by atoms with Gasteiger partial charge in [-0.25, -0.2) is 9.59 Å². The Morgan fingerprint density at radius 3 is 2.04 bits per heavy atom. The fourth-order valence-corrected chi connectivity index (χ4v) is 2.23. The Bertz CT molecular complexity index is 825. The zero-order valence-electron chi connectivity index (χ0n) is 12.0. The molecule has 24 heavy (non-hydrogen) atoms. The van der Waals surface area contributed by atoms with Crippen LogP contribution < -0.4 is 9.47 Å². The van der Waals surface area contributed by atoms with E-state index in [-0.39, 0.29) is 35.6 Å². The summed E-state index contributed by atoms with van der Waals surface area (Å²) in [5, 5.41) is 18.6. The van der Waals surface area contributed by atoms with E-state index < -0.39 is 23.1 Å². The van der Waals surface area contributed by atoms with E-state index in [9.17, 15) is 29.4 Å². The van der Waals surface area contributed by atoms with Gasteiger partial charge in [-0.3, -0.25) is 9.59 Å². The molecule has 2 rings (SSSR count). The Balaban J connectivity index is 2.81. The third kappa shape index (κ3) is 3.07. The van der Waals surface area contributed by atoms with E-state index in [1.54, 1.807) is 0 Å². The molecule has 8 nitrogen and oxygen atoms in total. The van der Waals surface area contributed by atoms with Crippen molar-refractivity contribution in [1.82, 2.24) is 0 Å². The largest absolute Gasteiger partial charge is 0.478 e. The number of hydrogen-bond donors (Lipinski definition) is 2. The summed E-state index contributed by atoms with van der Waals surface area (Å²) in [6.07, 6.45) is 0. The van der Waals surface area contributed by atoms with E-state index in [1.807, 2.05) is 0 Å². The Morgan fingerprint density at radius 1 is 0.833 bits per heavy atom. The second kappa shape index (κ2) is 7.05. The summed E-state index contributed by atoms with van der Waals surface area (Å²) in [5.41, 5.74) is -0.833. The number of ether oxygens (including phenoxy) is 2. The van der Waals surface area contributed by atoms with Crippen LogP contribution in [-0.2, 0) is 9.59 Å². The van der Waals surface area contributed by atoms with Crippen molar-refractivity contribution in [3.05, 3.63) is 47.5 Å². The highest BCUT2D eigenvalue weighted by Crippen LogP contribution is 2.40. The van der Waals surface area contributed by atoms with Gasteiger partial charge in [-0.1, -0.05) is 24.3 Å². The van der Waals surface area contributed by atoms with E-state index in [2.05, 4.69) is 0 Å². The van der Waals surface area contributed by atoms with Crippen LogP contribution in [0.25, 0.3) is 11.1 Å². The number of carbonyl (C=O) groups excluding carboxylic acids is 2. The van der Waals surface area contributed by atoms with Crippen molar-refractivity contribution in [1.29, 1.82) is 0 Å². The molecular weight excluding hydrogens is 320 g/mol. The van der Waals surface area contributed by atoms with Crippen molar-refractivity contribution in [2.24, 2.45) is 0 Å². The molecule has 122 valence electrons. The molecule has 0 aliphatic heterocycles. The maximum atomic E-state index is 11.5. The average Bonchev–Trinajstić information content (AvgIpc) is 2.56. The third-order valence-corrected chi connectivity index (χ3v) is 3.12. The first kappa shape index (κ1) is 16.7. The van der Waals surface area contributed by atoms with Gasteiger partial charge in [-0.2, -0.15) is 0 Å². The van der Waals surface area contributed by atoms with Gasteiger partial charge in [0.25, 0.3) is 12.9 Å². The summed E-state index contributed by atoms with van der Waals surface area (Å²) in [4.78, 5) is 44.1. The minimum atomic E-state index is -1.47. The van der Waals surface area contributed by atoms with Crippen LogP contribution in [0.5, 0.6) is 11.5 Å². The summed E-state index contributed by atoms with van der Waals surface area (Å²) in [6.45, 7) is 0.195. The highest BCUT2D eigenvalue weighted by atomic mass is 16.6. The molecule has 2 aromatic rings. The van der Waals surface area contributed by atoms with Crippen LogP contribution in [0.3, 0.4) is 0 Å². The van der Waals surface area contributed by atoms with E-state index in [4.69, 9.17) is 9.47 Å². The number of carbonyl (C=O) groups is 4. The smallest absolute Gasteiger partial charge is 0.337 e. The van der Waals surface area contributed by atoms with Gasteiger partial charge in [-0.15, -0.1) is 0 Å². The number of rotatable bonds is 7. The minimum Gasteiger partial charge on any atom is -0.478 e. The molecule has 0 amide bonds. The third-order valence-electron chi connectivity index (χ3n) is 3.12. The second-order valence-electron chi connectivity index (χ2n) is 4.40. The molecular formula is C16H10O8. The number of carboxylic acids is 2. The molecule has 0 unspecified atom stereocenters. The first-order chi connectivity index (χ1) is 11.5. The van der Waals surface area contributed by atoms with Crippen LogP contribution in [0.2, 0.25) is 0 Å². The Hall–Kier alpha value is -3.68. The second-order valence-corrected chi connectivity index (χ2v) is 4.40. The van der Waals surface area contributed by atoms with Gasteiger partial charge in [0.15, 0.2) is 11.5 Å². The predicted octanol–water partition coefficient (Wildman–Crippen LogP) is 1.82. The lowest BCUT2D eigenvalue weighted by molar-refractivity contribution is -0.123. The Kier molecular flexibility index (Phi) is 4.90. The molecule has 8 heteroatoms. The molecule has 0 aromatic heterocycles. The van der Waals surface area contributed by atoms with Crippen LogP contribution in [0.1, 0.15) is 20.7 Å². The van der Waals surface area contributed by atoms with Gasteiger partial charge < -0.3 is 19.7 Å². The molecule has 2 aromatic carbocycles. The van der Waals surface area contributed by atoms with Crippen molar-refractivity contribution in [2.45, 2.75) is 0 Å². The van der Waals surface area contributed by atoms with E-state index in [1.165, 1.54) is 30.3 Å². The normalized spacial score (nSPS) is 9.83. The van der Waals surface area contributed by atoms with Gasteiger partial charge in [-0.05, 0) is 12.1 Å². The van der Waals surface area contributed by atoms with E-state index in [0.29, 0.717) is 0 Å². The zero-order chi connectivity index (χ0) is 17.7. The molecule has 0 radical (unpaired) electrons. The number of benzene rings is 2. The van der Waals surface area contributed by atoms with Gasteiger partial charge in [0, 0.05) is 11.1 Å². The van der Waals surface area contributed by atoms with Crippen LogP contribution in [0.15, 0.2) is 36.4 Å². The molecule has 2 N–H and O–H groups in total. The van der Waals surface area contributed by atoms with Crippen LogP contribution in [0, 0.1) is 0 Å². The monoisotopic (exact) mass is 330 g/mol. The summed E-state index contributed by atoms with van der Waals surface area (Å²) >= 11 is 0. The van der Waals surface area contributed by atoms with Gasteiger partial charge in [0.05, 0.1) is 11.1 Å². The zero-order valence-corrected chi connectivity index (χ0v) is 12.0. The maximum absolute atomic E-state index is 11.5. The Labute approximate surface area is 134 Å². The maximum Gasteiger partial charge on any atom is 0.337 e. The van der Waals surface area contributed by atoms with Crippen molar-refractivity contribution in [2.75, 3.05) is 0 Å². The standard InChI is InChI=1S/C16H10O8/c17-7-23-12-6-2-4-10(14(12)24-8-18)9-3-1-5-11(15(19)20)13(9)16(21)22/h1-8H,(H,19,20)(H,21,22). The molecule has 0 spiro atoms. The Morgan fingerprint density at radius 2 is 1.46 bits per heavy atom. The lowest BCUT2D eigenvalue weighted by Gasteiger charge is -2.14. The summed E-state index contributed by atoms with van der Waals surface area (Å²) < 4.78 is 9.51. The summed E-state index contributed by atoms with van der Waals surface area (Å²) in [6, 6.07) is 8.02. The van der Waals surface area contributed by atoms with Crippen LogP contribution in [0.4, 0.5) is 0 Å². The number of aromatic carboxylic acids is 2. The summed E-state index contributed by atoms with van der Waals surface area (Å²) in [7, 11) is 0. The van der Waals surface area contributed by atoms with Crippen molar-refractivity contribution < 1.29 is 38.9 Å². The lowest BCUT2D eigenvalue weighted by atomic mass is 9.94. The fourth-order valence-electron chi connectivity index (χ4n) is 2.23. The van der Waals surface area contributed by atoms with E-state index in [0.717, 1.165) is 6.07 Å². The molecule has 0 atom stereocenters. The molecule has 0 bridgehead atoms. The van der Waals surface area contributed by atoms with E-state index >= 15 is 0 Å². The summed E-state index contributed by atoms with van der Waals surface area (Å²) in [5.74, 6) is -3.22. The first-order valence-corrected chi connectivity index (χ1v) is 6.44. The fraction of sp³-hybridized carbons (Fsp3) is 0. The van der Waals surface area contributed by atoms with Gasteiger partial charge in [0.2, 0.25) is 0 Å². The van der Waals surface area contributed by atoms with Gasteiger partial charge >= 0.3 is 11.9 Å². The molecule has 0 heterocycles.